The summed E-state index contributed by atoms with van der Waals surface area (Å²) < 4.78 is 2.07. The predicted molar refractivity (Wildman–Crippen MR) is 139 cm³/mol. The minimum atomic E-state index is -0.0550. The van der Waals surface area contributed by atoms with Crippen LogP contribution in [0.1, 0.15) is 22.3 Å². The molecule has 0 aliphatic rings. The van der Waals surface area contributed by atoms with Crippen LogP contribution in [0.5, 0.6) is 0 Å². The fourth-order valence-corrected chi connectivity index (χ4v) is 4.70. The first-order chi connectivity index (χ1) is 15.8. The molecule has 0 unspecified atom stereocenters. The van der Waals surface area contributed by atoms with Crippen LogP contribution in [0.4, 0.5) is 5.69 Å². The number of carbonyl (C=O) groups is 1. The Morgan fingerprint density at radius 1 is 0.970 bits per heavy atom. The van der Waals surface area contributed by atoms with Crippen molar-refractivity contribution < 1.29 is 4.79 Å². The van der Waals surface area contributed by atoms with Gasteiger partial charge in [0.1, 0.15) is 0 Å². The van der Waals surface area contributed by atoms with E-state index in [1.165, 1.54) is 17.3 Å². The van der Waals surface area contributed by atoms with Crippen molar-refractivity contribution in [1.29, 1.82) is 0 Å². The topological polar surface area (TPSA) is 46.9 Å². The van der Waals surface area contributed by atoms with Crippen LogP contribution in [-0.2, 0) is 4.79 Å². The second kappa shape index (κ2) is 9.86. The lowest BCUT2D eigenvalue weighted by Crippen LogP contribution is -2.16. The molecule has 0 saturated carbocycles. The highest BCUT2D eigenvalue weighted by Crippen LogP contribution is 2.30. The van der Waals surface area contributed by atoms with Crippen molar-refractivity contribution in [2.45, 2.75) is 32.9 Å². The summed E-state index contributed by atoms with van der Waals surface area (Å²) in [5.41, 5.74) is 8.20. The highest BCUT2D eigenvalue weighted by atomic mass is 35.5. The van der Waals surface area contributed by atoms with E-state index in [9.17, 15) is 4.79 Å². The minimum absolute atomic E-state index is 0.0550. The number of hydrogen-bond donors (Lipinski definition) is 1. The maximum absolute atomic E-state index is 12.8. The van der Waals surface area contributed by atoms with E-state index in [1.54, 1.807) is 0 Å². The summed E-state index contributed by atoms with van der Waals surface area (Å²) in [7, 11) is 0. The highest BCUT2D eigenvalue weighted by Gasteiger charge is 2.16. The SMILES string of the molecule is Cc1ccc(-n2cc(-c3ccc(Cl)cc3)nc2SCC(=O)Nc2c(C)cccc2C)c(C)c1. The van der Waals surface area contributed by atoms with Gasteiger partial charge >= 0.3 is 0 Å². The van der Waals surface area contributed by atoms with E-state index < -0.39 is 0 Å². The first-order valence-corrected chi connectivity index (χ1v) is 12.1. The molecule has 0 saturated heterocycles. The molecule has 6 heteroatoms. The number of imidazole rings is 1. The van der Waals surface area contributed by atoms with Gasteiger partial charge in [0.25, 0.3) is 0 Å². The number of benzene rings is 3. The molecule has 0 radical (unpaired) electrons. The van der Waals surface area contributed by atoms with Gasteiger partial charge < -0.3 is 5.32 Å². The Balaban J connectivity index is 1.63. The van der Waals surface area contributed by atoms with Crippen LogP contribution in [0.25, 0.3) is 16.9 Å². The number of hydrogen-bond acceptors (Lipinski definition) is 3. The third-order valence-corrected chi connectivity index (χ3v) is 6.71. The van der Waals surface area contributed by atoms with Gasteiger partial charge in [0.2, 0.25) is 5.91 Å². The lowest BCUT2D eigenvalue weighted by molar-refractivity contribution is -0.113. The Bertz CT molecular complexity index is 1290. The lowest BCUT2D eigenvalue weighted by atomic mass is 10.1. The Morgan fingerprint density at radius 3 is 2.33 bits per heavy atom. The van der Waals surface area contributed by atoms with Crippen molar-refractivity contribution in [1.82, 2.24) is 9.55 Å². The monoisotopic (exact) mass is 475 g/mol. The van der Waals surface area contributed by atoms with Crippen molar-refractivity contribution in [3.63, 3.8) is 0 Å². The molecule has 1 N–H and O–H groups in total. The van der Waals surface area contributed by atoms with Gasteiger partial charge in [0, 0.05) is 22.5 Å². The maximum atomic E-state index is 12.8. The summed E-state index contributed by atoms with van der Waals surface area (Å²) in [6.07, 6.45) is 2.02. The number of aromatic nitrogens is 2. The number of para-hydroxylation sites is 1. The zero-order valence-corrected chi connectivity index (χ0v) is 20.7. The largest absolute Gasteiger partial charge is 0.325 e. The number of amides is 1. The number of aryl methyl sites for hydroxylation is 4. The van der Waals surface area contributed by atoms with Crippen LogP contribution in [0.3, 0.4) is 0 Å². The van der Waals surface area contributed by atoms with Crippen LogP contribution < -0.4 is 5.32 Å². The zero-order chi connectivity index (χ0) is 23.5. The smallest absolute Gasteiger partial charge is 0.234 e. The molecule has 33 heavy (non-hydrogen) atoms. The van der Waals surface area contributed by atoms with E-state index >= 15 is 0 Å². The average Bonchev–Trinajstić information content (AvgIpc) is 3.19. The summed E-state index contributed by atoms with van der Waals surface area (Å²) in [5, 5.41) is 4.51. The maximum Gasteiger partial charge on any atom is 0.234 e. The number of carbonyl (C=O) groups excluding carboxylic acids is 1. The molecule has 0 spiro atoms. The first-order valence-electron chi connectivity index (χ1n) is 10.7. The van der Waals surface area contributed by atoms with Gasteiger partial charge in [-0.15, -0.1) is 0 Å². The van der Waals surface area contributed by atoms with Crippen LogP contribution in [0.15, 0.2) is 72.0 Å². The molecule has 0 bridgehead atoms. The average molecular weight is 476 g/mol. The second-order valence-electron chi connectivity index (χ2n) is 8.18. The molecular formula is C27H26ClN3OS. The molecule has 1 amide bonds. The van der Waals surface area contributed by atoms with Crippen molar-refractivity contribution in [3.8, 4) is 16.9 Å². The predicted octanol–water partition coefficient (Wildman–Crippen LogP) is 7.16. The van der Waals surface area contributed by atoms with Crippen LogP contribution in [-0.4, -0.2) is 21.2 Å². The summed E-state index contributed by atoms with van der Waals surface area (Å²) in [5.74, 6) is 0.205. The van der Waals surface area contributed by atoms with Crippen LogP contribution >= 0.6 is 23.4 Å². The van der Waals surface area contributed by atoms with E-state index in [0.29, 0.717) is 5.02 Å². The molecule has 4 aromatic rings. The Kier molecular flexibility index (Phi) is 6.91. The van der Waals surface area contributed by atoms with Gasteiger partial charge in [0.05, 0.1) is 17.1 Å². The summed E-state index contributed by atoms with van der Waals surface area (Å²) >= 11 is 7.49. The fourth-order valence-electron chi connectivity index (χ4n) is 3.79. The van der Waals surface area contributed by atoms with E-state index in [0.717, 1.165) is 44.5 Å². The van der Waals surface area contributed by atoms with Gasteiger partial charge in [-0.05, 0) is 62.6 Å². The molecular weight excluding hydrogens is 450 g/mol. The summed E-state index contributed by atoms with van der Waals surface area (Å²) in [6, 6.07) is 20.0. The van der Waals surface area contributed by atoms with Crippen molar-refractivity contribution >= 4 is 35.0 Å². The molecule has 4 nitrogen and oxygen atoms in total. The van der Waals surface area contributed by atoms with Crippen molar-refractivity contribution in [2.24, 2.45) is 0 Å². The summed E-state index contributed by atoms with van der Waals surface area (Å²) in [4.78, 5) is 17.6. The number of rotatable bonds is 6. The Morgan fingerprint density at radius 2 is 1.67 bits per heavy atom. The van der Waals surface area contributed by atoms with Gasteiger partial charge in [-0.1, -0.05) is 71.4 Å². The normalized spacial score (nSPS) is 10.9. The number of nitrogens with zero attached hydrogens (tertiary/aromatic N) is 2. The molecule has 168 valence electrons. The standard InChI is InChI=1S/C27H26ClN3OS/c1-17-8-13-24(20(4)14-17)31-15-23(21-9-11-22(28)12-10-21)29-27(31)33-16-25(32)30-26-18(2)6-5-7-19(26)3/h5-15H,16H2,1-4H3,(H,30,32). The first kappa shape index (κ1) is 23.1. The van der Waals surface area contributed by atoms with E-state index in [1.807, 2.05) is 62.5 Å². The van der Waals surface area contributed by atoms with Crippen molar-refractivity contribution in [2.75, 3.05) is 11.1 Å². The van der Waals surface area contributed by atoms with Gasteiger partial charge in [-0.3, -0.25) is 9.36 Å². The molecule has 1 aromatic heterocycles. The van der Waals surface area contributed by atoms with Gasteiger partial charge in [-0.25, -0.2) is 4.98 Å². The lowest BCUT2D eigenvalue weighted by Gasteiger charge is -2.13. The Hall–Kier alpha value is -3.02. The molecule has 0 aliphatic carbocycles. The third-order valence-electron chi connectivity index (χ3n) is 5.50. The van der Waals surface area contributed by atoms with Gasteiger partial charge in [0.15, 0.2) is 5.16 Å². The number of anilines is 1. The molecule has 0 atom stereocenters. The molecule has 4 rings (SSSR count). The second-order valence-corrected chi connectivity index (χ2v) is 9.56. The molecule has 3 aromatic carbocycles. The number of halogens is 1. The number of nitrogens with one attached hydrogen (secondary N) is 1. The zero-order valence-electron chi connectivity index (χ0n) is 19.1. The fraction of sp³-hybridized carbons (Fsp3) is 0.185. The van der Waals surface area contributed by atoms with E-state index in [4.69, 9.17) is 16.6 Å². The molecule has 0 aliphatic heterocycles. The summed E-state index contributed by atoms with van der Waals surface area (Å²) in [6.45, 7) is 8.17. The third kappa shape index (κ3) is 5.32. The Labute approximate surface area is 204 Å². The van der Waals surface area contributed by atoms with Crippen LogP contribution in [0.2, 0.25) is 5.02 Å². The van der Waals surface area contributed by atoms with E-state index in [2.05, 4.69) is 41.9 Å². The minimum Gasteiger partial charge on any atom is -0.325 e. The highest BCUT2D eigenvalue weighted by molar-refractivity contribution is 7.99. The quantitative estimate of drug-likeness (QED) is 0.301. The van der Waals surface area contributed by atoms with E-state index in [-0.39, 0.29) is 11.7 Å². The molecule has 1 heterocycles. The van der Waals surface area contributed by atoms with Crippen molar-refractivity contribution in [3.05, 3.63) is 94.1 Å². The number of thioether (sulfide) groups is 1. The molecule has 0 fully saturated rings. The van der Waals surface area contributed by atoms with Gasteiger partial charge in [-0.2, -0.15) is 0 Å². The van der Waals surface area contributed by atoms with Crippen LogP contribution in [0, 0.1) is 27.7 Å².